The van der Waals surface area contributed by atoms with Crippen molar-refractivity contribution in [3.05, 3.63) is 144 Å². The topological polar surface area (TPSA) is 162 Å². The summed E-state index contributed by atoms with van der Waals surface area (Å²) >= 11 is 0. The van der Waals surface area contributed by atoms with E-state index in [9.17, 15) is 24.3 Å². The molecule has 0 aliphatic rings. The summed E-state index contributed by atoms with van der Waals surface area (Å²) in [6, 6.07) is 22.3. The molecule has 4 rings (SSSR count). The second-order valence-electron chi connectivity index (χ2n) is 13.8. The number of benzene rings is 2. The van der Waals surface area contributed by atoms with Crippen LogP contribution >= 0.6 is 0 Å². The second kappa shape index (κ2) is 20.9. The van der Waals surface area contributed by atoms with E-state index in [1.54, 1.807) is 49.1 Å². The number of carbonyl (C=O) groups excluding carboxylic acids is 4. The number of rotatable bonds is 18. The predicted octanol–water partition coefficient (Wildman–Crippen LogP) is 4.30. The third-order valence-corrected chi connectivity index (χ3v) is 8.79. The summed E-state index contributed by atoms with van der Waals surface area (Å²) in [7, 11) is 0. The maximum atomic E-state index is 14.0. The number of aliphatic hydroxyl groups is 1. The molecular formula is C43H50N6O5. The Kier molecular flexibility index (Phi) is 15.8. The number of pyridine rings is 2. The minimum absolute atomic E-state index is 0.234. The van der Waals surface area contributed by atoms with Crippen LogP contribution in [0, 0.1) is 11.8 Å². The monoisotopic (exact) mass is 730 g/mol. The van der Waals surface area contributed by atoms with E-state index in [2.05, 4.69) is 31.2 Å². The van der Waals surface area contributed by atoms with Gasteiger partial charge in [0.2, 0.25) is 23.6 Å². The Labute approximate surface area is 317 Å². The van der Waals surface area contributed by atoms with E-state index in [0.717, 1.165) is 22.3 Å². The molecule has 0 fully saturated rings. The molecule has 282 valence electrons. The van der Waals surface area contributed by atoms with Crippen molar-refractivity contribution in [3.63, 3.8) is 0 Å². The van der Waals surface area contributed by atoms with Crippen molar-refractivity contribution in [2.75, 3.05) is 0 Å². The summed E-state index contributed by atoms with van der Waals surface area (Å²) < 4.78 is 0. The Hall–Kier alpha value is -5.94. The average Bonchev–Trinajstić information content (AvgIpc) is 3.17. The van der Waals surface area contributed by atoms with Crippen LogP contribution in [0.4, 0.5) is 0 Å². The number of nitrogens with one attached hydrogen (secondary N) is 4. The van der Waals surface area contributed by atoms with Crippen LogP contribution in [-0.2, 0) is 32.0 Å². The first-order valence-electron chi connectivity index (χ1n) is 18.1. The second-order valence-corrected chi connectivity index (χ2v) is 13.8. The van der Waals surface area contributed by atoms with Crippen molar-refractivity contribution in [1.29, 1.82) is 0 Å². The van der Waals surface area contributed by atoms with Crippen molar-refractivity contribution in [3.8, 4) is 0 Å². The van der Waals surface area contributed by atoms with Gasteiger partial charge in [0.25, 0.3) is 0 Å². The lowest BCUT2D eigenvalue weighted by atomic mass is 9.91. The lowest BCUT2D eigenvalue weighted by Crippen LogP contribution is -2.61. The van der Waals surface area contributed by atoms with Crippen LogP contribution in [0.1, 0.15) is 49.9 Å². The Balaban J connectivity index is 1.58. The summed E-state index contributed by atoms with van der Waals surface area (Å²) in [6.45, 7) is 7.29. The quantitative estimate of drug-likeness (QED) is 0.0954. The van der Waals surface area contributed by atoms with Gasteiger partial charge in [-0.3, -0.25) is 29.1 Å². The number of aromatic nitrogens is 2. The van der Waals surface area contributed by atoms with Crippen molar-refractivity contribution >= 4 is 35.8 Å². The molecule has 11 heteroatoms. The van der Waals surface area contributed by atoms with Gasteiger partial charge >= 0.3 is 0 Å². The predicted molar refractivity (Wildman–Crippen MR) is 210 cm³/mol. The van der Waals surface area contributed by atoms with Gasteiger partial charge in [-0.05, 0) is 71.2 Å². The van der Waals surface area contributed by atoms with Crippen LogP contribution in [0.3, 0.4) is 0 Å². The molecule has 0 aliphatic carbocycles. The molecule has 0 unspecified atom stereocenters. The Morgan fingerprint density at radius 1 is 0.574 bits per heavy atom. The van der Waals surface area contributed by atoms with Crippen LogP contribution < -0.4 is 21.3 Å². The van der Waals surface area contributed by atoms with Gasteiger partial charge in [-0.25, -0.2) is 0 Å². The highest BCUT2D eigenvalue weighted by Crippen LogP contribution is 2.16. The zero-order valence-electron chi connectivity index (χ0n) is 31.1. The van der Waals surface area contributed by atoms with Crippen LogP contribution in [0.15, 0.2) is 122 Å². The molecule has 11 nitrogen and oxygen atoms in total. The minimum atomic E-state index is -1.29. The van der Waals surface area contributed by atoms with E-state index >= 15 is 0 Å². The number of hydrogen-bond donors (Lipinski definition) is 5. The van der Waals surface area contributed by atoms with E-state index in [1.807, 2.05) is 100 Å². The van der Waals surface area contributed by atoms with Gasteiger partial charge in [0, 0.05) is 36.9 Å². The fourth-order valence-electron chi connectivity index (χ4n) is 5.84. The molecular weight excluding hydrogens is 681 g/mol. The molecule has 0 aliphatic heterocycles. The molecule has 0 radical (unpaired) electrons. The van der Waals surface area contributed by atoms with Crippen LogP contribution in [-0.4, -0.2) is 69.0 Å². The summed E-state index contributed by atoms with van der Waals surface area (Å²) in [5.41, 5.74) is 3.17. The first kappa shape index (κ1) is 40.8. The maximum absolute atomic E-state index is 14.0. The van der Waals surface area contributed by atoms with Crippen LogP contribution in [0.5, 0.6) is 0 Å². The molecule has 0 saturated carbocycles. The number of nitrogens with zero attached hydrogens (tertiary/aromatic N) is 2. The molecule has 4 amide bonds. The zero-order chi connectivity index (χ0) is 38.9. The SMILES string of the molecule is CC(C)[C@H](NC(=O)/C=C/c1cccnc1)C(=O)N[C@@H](Cc1ccccc1)C(O)[C@H](Cc1ccccc1)NC(=O)[C@@H](NC(=O)/C=C/c1cccnc1)C(C)C. The number of aliphatic hydroxyl groups excluding tert-OH is 1. The molecule has 2 heterocycles. The Morgan fingerprint density at radius 3 is 1.30 bits per heavy atom. The minimum Gasteiger partial charge on any atom is -0.389 e. The third-order valence-electron chi connectivity index (χ3n) is 8.79. The van der Waals surface area contributed by atoms with Crippen molar-refractivity contribution < 1.29 is 24.3 Å². The fourth-order valence-corrected chi connectivity index (χ4v) is 5.84. The molecule has 0 saturated heterocycles. The van der Waals surface area contributed by atoms with Gasteiger partial charge in [0.15, 0.2) is 0 Å². The smallest absolute Gasteiger partial charge is 0.244 e. The molecule has 2 aromatic carbocycles. The highest BCUT2D eigenvalue weighted by molar-refractivity contribution is 5.96. The fraction of sp³-hybridized carbons (Fsp3) is 0.302. The lowest BCUT2D eigenvalue weighted by Gasteiger charge is -2.34. The Bertz CT molecular complexity index is 1700. The van der Waals surface area contributed by atoms with E-state index < -0.39 is 53.9 Å². The number of hydrogen-bond acceptors (Lipinski definition) is 7. The highest BCUT2D eigenvalue weighted by Gasteiger charge is 2.35. The normalized spacial score (nSPS) is 13.8. The number of carbonyl (C=O) groups is 4. The molecule has 0 spiro atoms. The van der Waals surface area contributed by atoms with Gasteiger partial charge in [0.05, 0.1) is 18.2 Å². The molecule has 0 bridgehead atoms. The summed E-state index contributed by atoms with van der Waals surface area (Å²) in [4.78, 5) is 61.9. The van der Waals surface area contributed by atoms with E-state index in [4.69, 9.17) is 0 Å². The van der Waals surface area contributed by atoms with Gasteiger partial charge in [-0.1, -0.05) is 100 Å². The summed E-state index contributed by atoms with van der Waals surface area (Å²) in [6.07, 6.45) is 11.6. The van der Waals surface area contributed by atoms with Gasteiger partial charge in [0.1, 0.15) is 12.1 Å². The molecule has 4 atom stereocenters. The molecule has 4 aromatic rings. The first-order valence-corrected chi connectivity index (χ1v) is 18.1. The lowest BCUT2D eigenvalue weighted by molar-refractivity contribution is -0.130. The van der Waals surface area contributed by atoms with Crippen molar-refractivity contribution in [1.82, 2.24) is 31.2 Å². The van der Waals surface area contributed by atoms with Crippen molar-refractivity contribution in [2.24, 2.45) is 11.8 Å². The summed E-state index contributed by atoms with van der Waals surface area (Å²) in [5, 5.41) is 23.8. The largest absolute Gasteiger partial charge is 0.389 e. The van der Waals surface area contributed by atoms with Gasteiger partial charge in [-0.15, -0.1) is 0 Å². The average molecular weight is 731 g/mol. The molecule has 2 aromatic heterocycles. The van der Waals surface area contributed by atoms with Crippen molar-refractivity contribution in [2.45, 2.75) is 70.8 Å². The van der Waals surface area contributed by atoms with Gasteiger partial charge < -0.3 is 26.4 Å². The number of amides is 4. The maximum Gasteiger partial charge on any atom is 0.244 e. The zero-order valence-corrected chi connectivity index (χ0v) is 31.1. The van der Waals surface area contributed by atoms with E-state index in [0.29, 0.717) is 0 Å². The standard InChI is InChI=1S/C43H50N6O5/c1-29(2)39(48-37(50)21-19-33-17-11-23-44-27-33)42(53)46-35(25-31-13-7-5-8-14-31)41(52)36(26-32-15-9-6-10-16-32)47-43(54)40(30(3)4)49-38(51)22-20-34-18-12-24-45-28-34/h5-24,27-30,35-36,39-41,52H,25-26H2,1-4H3,(H,46,53)(H,47,54)(H,48,50)(H,49,51)/b21-19+,22-20+/t35-,36-,39-,40-/m0/s1. The van der Waals surface area contributed by atoms with E-state index in [1.165, 1.54) is 12.2 Å². The summed E-state index contributed by atoms with van der Waals surface area (Å²) in [5.74, 6) is -2.47. The first-order chi connectivity index (χ1) is 26.0. The third kappa shape index (κ3) is 13.2. The highest BCUT2D eigenvalue weighted by atomic mass is 16.3. The van der Waals surface area contributed by atoms with Crippen LogP contribution in [0.25, 0.3) is 12.2 Å². The van der Waals surface area contributed by atoms with E-state index in [-0.39, 0.29) is 24.7 Å². The van der Waals surface area contributed by atoms with Gasteiger partial charge in [-0.2, -0.15) is 0 Å². The van der Waals surface area contributed by atoms with Crippen LogP contribution in [0.2, 0.25) is 0 Å². The molecule has 5 N–H and O–H groups in total. The Morgan fingerprint density at radius 2 is 0.963 bits per heavy atom. The molecule has 54 heavy (non-hydrogen) atoms.